The van der Waals surface area contributed by atoms with Crippen LogP contribution in [0.15, 0.2) is 18.2 Å². The van der Waals surface area contributed by atoms with Gasteiger partial charge < -0.3 is 20.1 Å². The Balaban J connectivity index is 2.05. The summed E-state index contributed by atoms with van der Waals surface area (Å²) in [6, 6.07) is 4.98. The predicted octanol–water partition coefficient (Wildman–Crippen LogP) is 1.45. The first-order valence-corrected chi connectivity index (χ1v) is 6.98. The van der Waals surface area contributed by atoms with Crippen molar-refractivity contribution in [3.8, 4) is 5.75 Å². The highest BCUT2D eigenvalue weighted by atomic mass is 16.5. The Bertz CT molecular complexity index is 540. The Hall–Kier alpha value is -2.24. The molecule has 1 aliphatic rings. The number of likely N-dealkylation sites (N-methyl/N-ethyl adjacent to an activating group) is 1. The van der Waals surface area contributed by atoms with E-state index >= 15 is 0 Å². The van der Waals surface area contributed by atoms with Crippen LogP contribution >= 0.6 is 0 Å². The molecule has 21 heavy (non-hydrogen) atoms. The van der Waals surface area contributed by atoms with Gasteiger partial charge in [-0.1, -0.05) is 0 Å². The van der Waals surface area contributed by atoms with Crippen LogP contribution in [-0.4, -0.2) is 43.1 Å². The molecule has 6 nitrogen and oxygen atoms in total. The molecule has 0 saturated heterocycles. The van der Waals surface area contributed by atoms with Crippen LogP contribution in [0.5, 0.6) is 5.75 Å². The summed E-state index contributed by atoms with van der Waals surface area (Å²) >= 11 is 0. The molecule has 0 bridgehead atoms. The number of benzene rings is 1. The summed E-state index contributed by atoms with van der Waals surface area (Å²) in [6.07, 6.45) is 2.07. The summed E-state index contributed by atoms with van der Waals surface area (Å²) in [5.74, 6) is -0.337. The molecule has 0 aromatic heterocycles. The van der Waals surface area contributed by atoms with E-state index in [1.807, 2.05) is 0 Å². The molecule has 0 atom stereocenters. The molecule has 0 spiro atoms. The van der Waals surface area contributed by atoms with Gasteiger partial charge in [-0.2, -0.15) is 0 Å². The van der Waals surface area contributed by atoms with Crippen LogP contribution < -0.4 is 10.5 Å². The molecule has 0 heterocycles. The van der Waals surface area contributed by atoms with Crippen LogP contribution in [0.1, 0.15) is 30.1 Å². The largest absolute Gasteiger partial charge is 0.483 e. The zero-order valence-corrected chi connectivity index (χ0v) is 12.3. The monoisotopic (exact) mass is 292 g/mol. The Morgan fingerprint density at radius 2 is 2.10 bits per heavy atom. The van der Waals surface area contributed by atoms with Gasteiger partial charge >= 0.3 is 5.97 Å². The van der Waals surface area contributed by atoms with Crippen molar-refractivity contribution in [2.45, 2.75) is 25.8 Å². The molecule has 2 rings (SSSR count). The van der Waals surface area contributed by atoms with Crippen molar-refractivity contribution in [1.82, 2.24) is 4.90 Å². The van der Waals surface area contributed by atoms with Crippen LogP contribution in [0.3, 0.4) is 0 Å². The fourth-order valence-corrected chi connectivity index (χ4v) is 1.94. The summed E-state index contributed by atoms with van der Waals surface area (Å²) in [5, 5.41) is 0. The average Bonchev–Trinajstić information content (AvgIpc) is 3.28. The Labute approximate surface area is 123 Å². The third-order valence-electron chi connectivity index (χ3n) is 3.34. The van der Waals surface area contributed by atoms with Crippen LogP contribution in [0.2, 0.25) is 0 Å². The smallest absolute Gasteiger partial charge is 0.341 e. The molecule has 1 amide bonds. The van der Waals surface area contributed by atoms with Crippen molar-refractivity contribution in [3.63, 3.8) is 0 Å². The zero-order valence-electron chi connectivity index (χ0n) is 12.3. The molecular weight excluding hydrogens is 272 g/mol. The highest BCUT2D eigenvalue weighted by molar-refractivity contribution is 5.93. The van der Waals surface area contributed by atoms with E-state index in [4.69, 9.17) is 15.2 Å². The molecule has 0 unspecified atom stereocenters. The lowest BCUT2D eigenvalue weighted by molar-refractivity contribution is -0.132. The number of nitrogen functional groups attached to an aromatic ring is 1. The number of carbonyl (C=O) groups is 2. The Morgan fingerprint density at radius 1 is 1.38 bits per heavy atom. The number of esters is 1. The fraction of sp³-hybridized carbons (Fsp3) is 0.467. The molecule has 1 aromatic carbocycles. The maximum Gasteiger partial charge on any atom is 0.341 e. The second-order valence-electron chi connectivity index (χ2n) is 5.00. The van der Waals surface area contributed by atoms with Gasteiger partial charge in [0.1, 0.15) is 11.3 Å². The van der Waals surface area contributed by atoms with Gasteiger partial charge in [0, 0.05) is 24.8 Å². The topological polar surface area (TPSA) is 81.9 Å². The first-order valence-electron chi connectivity index (χ1n) is 6.98. The number of hydrogen-bond donors (Lipinski definition) is 1. The van der Waals surface area contributed by atoms with E-state index in [1.165, 1.54) is 12.1 Å². The number of nitrogens with two attached hydrogens (primary N) is 1. The van der Waals surface area contributed by atoms with Gasteiger partial charge in [0.05, 0.1) is 6.61 Å². The summed E-state index contributed by atoms with van der Waals surface area (Å²) < 4.78 is 10.4. The van der Waals surface area contributed by atoms with E-state index in [0.29, 0.717) is 11.7 Å². The number of nitrogens with zero attached hydrogens (tertiary/aromatic N) is 1. The van der Waals surface area contributed by atoms with Gasteiger partial charge in [-0.25, -0.2) is 4.79 Å². The summed E-state index contributed by atoms with van der Waals surface area (Å²) in [4.78, 5) is 25.5. The molecular formula is C15H20N2O4. The first kappa shape index (κ1) is 15.2. The van der Waals surface area contributed by atoms with Crippen molar-refractivity contribution in [3.05, 3.63) is 23.8 Å². The maximum absolute atomic E-state index is 11.9. The molecule has 6 heteroatoms. The minimum absolute atomic E-state index is 0.116. The van der Waals surface area contributed by atoms with E-state index in [2.05, 4.69) is 0 Å². The summed E-state index contributed by atoms with van der Waals surface area (Å²) in [5.41, 5.74) is 6.43. The lowest BCUT2D eigenvalue weighted by atomic mass is 10.2. The zero-order chi connectivity index (χ0) is 15.4. The van der Waals surface area contributed by atoms with Gasteiger partial charge in [0.2, 0.25) is 0 Å². The number of hydrogen-bond acceptors (Lipinski definition) is 5. The Kier molecular flexibility index (Phi) is 4.67. The molecule has 114 valence electrons. The van der Waals surface area contributed by atoms with E-state index in [-0.39, 0.29) is 30.4 Å². The molecule has 1 fully saturated rings. The van der Waals surface area contributed by atoms with Crippen molar-refractivity contribution >= 4 is 17.6 Å². The van der Waals surface area contributed by atoms with Gasteiger partial charge in [-0.15, -0.1) is 0 Å². The molecule has 1 saturated carbocycles. The lowest BCUT2D eigenvalue weighted by Gasteiger charge is -2.17. The fourth-order valence-electron chi connectivity index (χ4n) is 1.94. The van der Waals surface area contributed by atoms with Crippen LogP contribution in [0.25, 0.3) is 0 Å². The second kappa shape index (κ2) is 6.47. The highest BCUT2D eigenvalue weighted by Crippen LogP contribution is 2.26. The van der Waals surface area contributed by atoms with Gasteiger partial charge in [-0.05, 0) is 31.9 Å². The third kappa shape index (κ3) is 3.87. The summed E-state index contributed by atoms with van der Waals surface area (Å²) in [6.45, 7) is 1.87. The van der Waals surface area contributed by atoms with E-state index in [1.54, 1.807) is 24.9 Å². The molecule has 1 aliphatic carbocycles. The Morgan fingerprint density at radius 3 is 2.71 bits per heavy atom. The standard InChI is InChI=1S/C15H20N2O4/c1-3-20-15(19)12-7-4-10(16)8-13(12)21-9-14(18)17(2)11-5-6-11/h4,7-8,11H,3,5-6,9,16H2,1-2H3. The SMILES string of the molecule is CCOC(=O)c1ccc(N)cc1OCC(=O)N(C)C1CC1. The molecule has 2 N–H and O–H groups in total. The first-order chi connectivity index (χ1) is 10.0. The number of carbonyl (C=O) groups excluding carboxylic acids is 2. The minimum atomic E-state index is -0.490. The van der Waals surface area contributed by atoms with Crippen LogP contribution in [0, 0.1) is 0 Å². The predicted molar refractivity (Wildman–Crippen MR) is 78.1 cm³/mol. The van der Waals surface area contributed by atoms with E-state index in [9.17, 15) is 9.59 Å². The molecule has 0 aliphatic heterocycles. The van der Waals surface area contributed by atoms with E-state index in [0.717, 1.165) is 12.8 Å². The van der Waals surface area contributed by atoms with Crippen molar-refractivity contribution in [1.29, 1.82) is 0 Å². The van der Waals surface area contributed by atoms with E-state index < -0.39 is 5.97 Å². The number of anilines is 1. The summed E-state index contributed by atoms with van der Waals surface area (Å²) in [7, 11) is 1.76. The average molecular weight is 292 g/mol. The van der Waals surface area contributed by atoms with Gasteiger partial charge in [0.15, 0.2) is 6.61 Å². The number of ether oxygens (including phenoxy) is 2. The maximum atomic E-state index is 11.9. The van der Waals surface area contributed by atoms with Crippen LogP contribution in [-0.2, 0) is 9.53 Å². The third-order valence-corrected chi connectivity index (χ3v) is 3.34. The normalized spacial score (nSPS) is 13.6. The molecule has 1 aromatic rings. The molecule has 0 radical (unpaired) electrons. The lowest BCUT2D eigenvalue weighted by Crippen LogP contribution is -2.33. The highest BCUT2D eigenvalue weighted by Gasteiger charge is 2.29. The van der Waals surface area contributed by atoms with Gasteiger partial charge in [-0.3, -0.25) is 4.79 Å². The number of rotatable bonds is 6. The van der Waals surface area contributed by atoms with Crippen molar-refractivity contribution in [2.24, 2.45) is 0 Å². The minimum Gasteiger partial charge on any atom is -0.483 e. The van der Waals surface area contributed by atoms with Gasteiger partial charge in [0.25, 0.3) is 5.91 Å². The van der Waals surface area contributed by atoms with Crippen LogP contribution in [0.4, 0.5) is 5.69 Å². The second-order valence-corrected chi connectivity index (χ2v) is 5.00. The quantitative estimate of drug-likeness (QED) is 0.634. The van der Waals surface area contributed by atoms with Crippen molar-refractivity contribution in [2.75, 3.05) is 26.0 Å². The number of amides is 1. The van der Waals surface area contributed by atoms with Crippen molar-refractivity contribution < 1.29 is 19.1 Å².